The zero-order chi connectivity index (χ0) is 14.7. The average molecular weight is 276 g/mol. The van der Waals surface area contributed by atoms with Gasteiger partial charge in [-0.25, -0.2) is 4.39 Å². The molecule has 0 aliphatic heterocycles. The summed E-state index contributed by atoms with van der Waals surface area (Å²) in [6, 6.07) is 6.65. The molecule has 0 aliphatic carbocycles. The van der Waals surface area contributed by atoms with E-state index in [2.05, 4.69) is 22.2 Å². The minimum Gasteiger partial charge on any atom is -0.326 e. The van der Waals surface area contributed by atoms with Crippen molar-refractivity contribution in [1.82, 2.24) is 15.1 Å². The molecule has 1 aromatic carbocycles. The number of benzene rings is 1. The molecule has 0 aliphatic rings. The summed E-state index contributed by atoms with van der Waals surface area (Å²) in [7, 11) is 3.83. The van der Waals surface area contributed by atoms with Gasteiger partial charge in [-0.2, -0.15) is 5.10 Å². The smallest absolute Gasteiger partial charge is 0.135 e. The Bertz CT molecular complexity index is 592. The van der Waals surface area contributed by atoms with Crippen LogP contribution in [0.4, 0.5) is 15.9 Å². The molecule has 0 fully saturated rings. The highest BCUT2D eigenvalue weighted by atomic mass is 19.1. The lowest BCUT2D eigenvalue weighted by atomic mass is 10.2. The van der Waals surface area contributed by atoms with Gasteiger partial charge in [0.15, 0.2) is 0 Å². The Hall–Kier alpha value is -1.88. The number of halogens is 1. The third-order valence-corrected chi connectivity index (χ3v) is 3.36. The van der Waals surface area contributed by atoms with E-state index in [4.69, 9.17) is 0 Å². The van der Waals surface area contributed by atoms with Crippen LogP contribution >= 0.6 is 0 Å². The van der Waals surface area contributed by atoms with Crippen molar-refractivity contribution in [2.75, 3.05) is 18.5 Å². The van der Waals surface area contributed by atoms with E-state index in [1.807, 2.05) is 31.8 Å². The molecular formula is C15H21FN4. The van der Waals surface area contributed by atoms with Crippen LogP contribution in [-0.4, -0.2) is 23.4 Å². The zero-order valence-corrected chi connectivity index (χ0v) is 12.4. The van der Waals surface area contributed by atoms with Crippen LogP contribution in [0.25, 0.3) is 0 Å². The van der Waals surface area contributed by atoms with Gasteiger partial charge in [0.25, 0.3) is 0 Å². The highest BCUT2D eigenvalue weighted by Gasteiger charge is 2.19. The molecule has 20 heavy (non-hydrogen) atoms. The third-order valence-electron chi connectivity index (χ3n) is 3.36. The molecule has 0 bridgehead atoms. The molecule has 5 heteroatoms. The van der Waals surface area contributed by atoms with Crippen LogP contribution in [0.5, 0.6) is 0 Å². The minimum atomic E-state index is -0.227. The number of aryl methyl sites for hydroxylation is 2. The van der Waals surface area contributed by atoms with Crippen LogP contribution in [0.2, 0.25) is 0 Å². The summed E-state index contributed by atoms with van der Waals surface area (Å²) in [5.41, 5.74) is 2.97. The molecule has 2 rings (SSSR count). The van der Waals surface area contributed by atoms with Crippen LogP contribution in [0.1, 0.15) is 18.2 Å². The van der Waals surface area contributed by atoms with Crippen molar-refractivity contribution in [2.45, 2.75) is 20.4 Å². The number of rotatable bonds is 5. The first-order valence-corrected chi connectivity index (χ1v) is 6.78. The minimum absolute atomic E-state index is 0.227. The maximum absolute atomic E-state index is 13.5. The molecule has 1 N–H and O–H groups in total. The van der Waals surface area contributed by atoms with Crippen molar-refractivity contribution in [3.8, 4) is 0 Å². The van der Waals surface area contributed by atoms with Gasteiger partial charge in [0.1, 0.15) is 11.6 Å². The molecule has 4 nitrogen and oxygen atoms in total. The Kier molecular flexibility index (Phi) is 4.39. The molecule has 0 radical (unpaired) electrons. The molecule has 0 atom stereocenters. The molecule has 0 amide bonds. The summed E-state index contributed by atoms with van der Waals surface area (Å²) in [5.74, 6) is 0.778. The van der Waals surface area contributed by atoms with Crippen molar-refractivity contribution in [1.29, 1.82) is 0 Å². The first-order valence-electron chi connectivity index (χ1n) is 6.78. The fraction of sp³-hybridized carbons (Fsp3) is 0.400. The number of hydrogen-bond donors (Lipinski definition) is 1. The van der Waals surface area contributed by atoms with Gasteiger partial charge in [-0.1, -0.05) is 6.07 Å². The van der Waals surface area contributed by atoms with Crippen molar-refractivity contribution < 1.29 is 4.39 Å². The Morgan fingerprint density at radius 2 is 2.15 bits per heavy atom. The highest BCUT2D eigenvalue weighted by molar-refractivity contribution is 5.64. The maximum Gasteiger partial charge on any atom is 0.135 e. The van der Waals surface area contributed by atoms with Gasteiger partial charge >= 0.3 is 0 Å². The number of anilines is 2. The first kappa shape index (κ1) is 14.5. The van der Waals surface area contributed by atoms with E-state index < -0.39 is 0 Å². The van der Waals surface area contributed by atoms with Gasteiger partial charge in [-0.15, -0.1) is 0 Å². The van der Waals surface area contributed by atoms with Gasteiger partial charge in [0.2, 0.25) is 0 Å². The van der Waals surface area contributed by atoms with Gasteiger partial charge in [0.05, 0.1) is 5.69 Å². The summed E-state index contributed by atoms with van der Waals surface area (Å²) in [4.78, 5) is 2.08. The predicted molar refractivity (Wildman–Crippen MR) is 79.8 cm³/mol. The Morgan fingerprint density at radius 1 is 1.40 bits per heavy atom. The van der Waals surface area contributed by atoms with E-state index in [0.717, 1.165) is 35.9 Å². The lowest BCUT2D eigenvalue weighted by molar-refractivity contribution is 0.627. The van der Waals surface area contributed by atoms with Gasteiger partial charge < -0.3 is 10.2 Å². The summed E-state index contributed by atoms with van der Waals surface area (Å²) in [6.45, 7) is 5.53. The van der Waals surface area contributed by atoms with Crippen molar-refractivity contribution in [3.05, 3.63) is 41.3 Å². The van der Waals surface area contributed by atoms with Crippen LogP contribution in [-0.2, 0) is 13.6 Å². The predicted octanol–water partition coefficient (Wildman–Crippen LogP) is 2.75. The summed E-state index contributed by atoms with van der Waals surface area (Å²) >= 11 is 0. The van der Waals surface area contributed by atoms with E-state index in [1.165, 1.54) is 6.07 Å². The third kappa shape index (κ3) is 2.67. The van der Waals surface area contributed by atoms with Gasteiger partial charge in [0, 0.05) is 31.4 Å². The molecule has 1 heterocycles. The monoisotopic (exact) mass is 276 g/mol. The van der Waals surface area contributed by atoms with Gasteiger partial charge in [-0.05, 0) is 39.1 Å². The SMILES string of the molecule is CCN(c1cccc(F)c1)c1c(CNC)c(C)nn1C. The van der Waals surface area contributed by atoms with E-state index in [9.17, 15) is 4.39 Å². The molecule has 1 aromatic heterocycles. The molecule has 2 aromatic rings. The van der Waals surface area contributed by atoms with Crippen LogP contribution < -0.4 is 10.2 Å². The quantitative estimate of drug-likeness (QED) is 0.911. The van der Waals surface area contributed by atoms with E-state index in [-0.39, 0.29) is 5.82 Å². The van der Waals surface area contributed by atoms with Crippen LogP contribution in [0.15, 0.2) is 24.3 Å². The average Bonchev–Trinajstić information content (AvgIpc) is 2.67. The molecule has 0 spiro atoms. The first-order chi connectivity index (χ1) is 9.58. The highest BCUT2D eigenvalue weighted by Crippen LogP contribution is 2.30. The second-order valence-corrected chi connectivity index (χ2v) is 4.77. The van der Waals surface area contributed by atoms with Crippen molar-refractivity contribution in [3.63, 3.8) is 0 Å². The van der Waals surface area contributed by atoms with E-state index in [0.29, 0.717) is 0 Å². The van der Waals surface area contributed by atoms with Crippen molar-refractivity contribution in [2.24, 2.45) is 7.05 Å². The summed E-state index contributed by atoms with van der Waals surface area (Å²) in [6.07, 6.45) is 0. The Labute approximate surface area is 119 Å². The molecule has 0 saturated carbocycles. The fourth-order valence-corrected chi connectivity index (χ4v) is 2.51. The summed E-state index contributed by atoms with van der Waals surface area (Å²) in [5, 5.41) is 7.65. The largest absolute Gasteiger partial charge is 0.326 e. The fourth-order valence-electron chi connectivity index (χ4n) is 2.51. The normalized spacial score (nSPS) is 10.8. The van der Waals surface area contributed by atoms with Crippen LogP contribution in [0, 0.1) is 12.7 Å². The maximum atomic E-state index is 13.5. The second-order valence-electron chi connectivity index (χ2n) is 4.77. The standard InChI is InChI=1S/C15H21FN4/c1-5-20(13-8-6-7-12(16)9-13)15-14(10-17-3)11(2)18-19(15)4/h6-9,17H,5,10H2,1-4H3. The summed E-state index contributed by atoms with van der Waals surface area (Å²) < 4.78 is 15.3. The van der Waals surface area contributed by atoms with E-state index >= 15 is 0 Å². The Balaban J connectivity index is 2.52. The number of hydrogen-bond acceptors (Lipinski definition) is 3. The van der Waals surface area contributed by atoms with Crippen molar-refractivity contribution >= 4 is 11.5 Å². The number of nitrogens with one attached hydrogen (secondary N) is 1. The lowest BCUT2D eigenvalue weighted by Gasteiger charge is -2.24. The van der Waals surface area contributed by atoms with E-state index in [1.54, 1.807) is 12.1 Å². The topological polar surface area (TPSA) is 33.1 Å². The molecular weight excluding hydrogens is 255 g/mol. The zero-order valence-electron chi connectivity index (χ0n) is 12.4. The molecule has 0 unspecified atom stereocenters. The molecule has 108 valence electrons. The van der Waals surface area contributed by atoms with Gasteiger partial charge in [-0.3, -0.25) is 4.68 Å². The molecule has 0 saturated heterocycles. The Morgan fingerprint density at radius 3 is 2.75 bits per heavy atom. The lowest BCUT2D eigenvalue weighted by Crippen LogP contribution is -2.21. The number of nitrogens with zero attached hydrogens (tertiary/aromatic N) is 3. The van der Waals surface area contributed by atoms with Crippen LogP contribution in [0.3, 0.4) is 0 Å². The second kappa shape index (κ2) is 6.05. The number of aromatic nitrogens is 2.